The number of aromatic nitrogens is 2. The molecule has 0 saturated carbocycles. The number of hydrogen-bond acceptors (Lipinski definition) is 3. The van der Waals surface area contributed by atoms with Crippen LogP contribution in [0, 0.1) is 16.3 Å². The molecule has 17 heavy (non-hydrogen) atoms. The SMILES string of the molecule is Cc1cc(F)c(Br)cc1Nc1ncncc1I. The second-order valence-corrected chi connectivity index (χ2v) is 5.44. The standard InChI is InChI=1S/C11H8BrFIN3/c1-6-2-8(13)7(12)3-10(6)17-11-9(14)4-15-5-16-11/h2-5H,1H3,(H,15,16,17). The molecule has 3 nitrogen and oxygen atoms in total. The summed E-state index contributed by atoms with van der Waals surface area (Å²) in [6, 6.07) is 3.17. The van der Waals surface area contributed by atoms with E-state index in [-0.39, 0.29) is 5.82 Å². The van der Waals surface area contributed by atoms with Gasteiger partial charge in [0.2, 0.25) is 0 Å². The van der Waals surface area contributed by atoms with Crippen molar-refractivity contribution in [2.75, 3.05) is 5.32 Å². The molecule has 1 aromatic heterocycles. The molecular formula is C11H8BrFIN3. The Morgan fingerprint density at radius 2 is 2.18 bits per heavy atom. The first-order valence-electron chi connectivity index (χ1n) is 4.76. The fourth-order valence-corrected chi connectivity index (χ4v) is 2.09. The predicted octanol–water partition coefficient (Wildman–Crippen LogP) is 4.03. The van der Waals surface area contributed by atoms with Gasteiger partial charge < -0.3 is 5.32 Å². The van der Waals surface area contributed by atoms with E-state index >= 15 is 0 Å². The van der Waals surface area contributed by atoms with E-state index in [1.165, 1.54) is 12.4 Å². The van der Waals surface area contributed by atoms with Gasteiger partial charge in [0.15, 0.2) is 0 Å². The van der Waals surface area contributed by atoms with Crippen LogP contribution in [0.1, 0.15) is 5.56 Å². The number of anilines is 2. The van der Waals surface area contributed by atoms with E-state index in [9.17, 15) is 4.39 Å². The number of halogens is 3. The summed E-state index contributed by atoms with van der Waals surface area (Å²) in [5, 5.41) is 3.15. The van der Waals surface area contributed by atoms with Crippen LogP contribution in [-0.4, -0.2) is 9.97 Å². The van der Waals surface area contributed by atoms with Crippen LogP contribution >= 0.6 is 38.5 Å². The Morgan fingerprint density at radius 1 is 1.41 bits per heavy atom. The summed E-state index contributed by atoms with van der Waals surface area (Å²) >= 11 is 5.30. The van der Waals surface area contributed by atoms with Crippen LogP contribution < -0.4 is 5.32 Å². The van der Waals surface area contributed by atoms with Gasteiger partial charge in [0.1, 0.15) is 18.0 Å². The number of nitrogens with zero attached hydrogens (tertiary/aromatic N) is 2. The first-order valence-corrected chi connectivity index (χ1v) is 6.63. The topological polar surface area (TPSA) is 37.8 Å². The van der Waals surface area contributed by atoms with Crippen LogP contribution in [0.5, 0.6) is 0 Å². The Kier molecular flexibility index (Phi) is 3.93. The third kappa shape index (κ3) is 2.92. The average Bonchev–Trinajstić information content (AvgIpc) is 2.29. The van der Waals surface area contributed by atoms with Crippen LogP contribution in [0.25, 0.3) is 0 Å². The molecule has 88 valence electrons. The lowest BCUT2D eigenvalue weighted by molar-refractivity contribution is 0.620. The summed E-state index contributed by atoms with van der Waals surface area (Å²) in [6.07, 6.45) is 3.18. The third-order valence-corrected chi connectivity index (χ3v) is 3.59. The highest BCUT2D eigenvalue weighted by Gasteiger charge is 2.07. The van der Waals surface area contributed by atoms with E-state index in [4.69, 9.17) is 0 Å². The Hall–Kier alpha value is -0.760. The van der Waals surface area contributed by atoms with Crippen LogP contribution in [-0.2, 0) is 0 Å². The van der Waals surface area contributed by atoms with Crippen LogP contribution in [0.15, 0.2) is 29.1 Å². The molecule has 6 heteroatoms. The number of hydrogen-bond donors (Lipinski definition) is 1. The summed E-state index contributed by atoms with van der Waals surface area (Å²) < 4.78 is 14.6. The molecule has 0 amide bonds. The highest BCUT2D eigenvalue weighted by Crippen LogP contribution is 2.27. The quantitative estimate of drug-likeness (QED) is 0.763. The molecule has 1 heterocycles. The average molecular weight is 408 g/mol. The van der Waals surface area contributed by atoms with Gasteiger partial charge in [-0.3, -0.25) is 0 Å². The van der Waals surface area contributed by atoms with Crippen molar-refractivity contribution in [3.05, 3.63) is 44.1 Å². The van der Waals surface area contributed by atoms with Crippen molar-refractivity contribution in [3.63, 3.8) is 0 Å². The molecule has 0 fully saturated rings. The van der Waals surface area contributed by atoms with E-state index < -0.39 is 0 Å². The fraction of sp³-hybridized carbons (Fsp3) is 0.0909. The summed E-state index contributed by atoms with van der Waals surface area (Å²) in [5.41, 5.74) is 1.63. The van der Waals surface area contributed by atoms with Gasteiger partial charge in [-0.05, 0) is 63.1 Å². The molecule has 0 spiro atoms. The van der Waals surface area contributed by atoms with Gasteiger partial charge in [-0.1, -0.05) is 0 Å². The van der Waals surface area contributed by atoms with Crippen LogP contribution in [0.4, 0.5) is 15.9 Å². The minimum atomic E-state index is -0.273. The summed E-state index contributed by atoms with van der Waals surface area (Å²) in [6.45, 7) is 1.84. The van der Waals surface area contributed by atoms with Gasteiger partial charge in [-0.15, -0.1) is 0 Å². The predicted molar refractivity (Wildman–Crippen MR) is 76.9 cm³/mol. The highest BCUT2D eigenvalue weighted by atomic mass is 127. The van der Waals surface area contributed by atoms with Crippen molar-refractivity contribution in [2.45, 2.75) is 6.92 Å². The van der Waals surface area contributed by atoms with E-state index in [0.717, 1.165) is 14.8 Å². The van der Waals surface area contributed by atoms with Crippen molar-refractivity contribution in [1.82, 2.24) is 9.97 Å². The van der Waals surface area contributed by atoms with Crippen LogP contribution in [0.2, 0.25) is 0 Å². The Bertz CT molecular complexity index is 562. The molecule has 0 saturated heterocycles. The van der Waals surface area contributed by atoms with Crippen LogP contribution in [0.3, 0.4) is 0 Å². The van der Waals surface area contributed by atoms with Crippen molar-refractivity contribution >= 4 is 50.0 Å². The molecule has 0 radical (unpaired) electrons. The number of aryl methyl sites for hydroxylation is 1. The van der Waals surface area contributed by atoms with E-state index in [0.29, 0.717) is 10.3 Å². The van der Waals surface area contributed by atoms with Gasteiger partial charge in [-0.2, -0.15) is 0 Å². The minimum absolute atomic E-state index is 0.273. The van der Waals surface area contributed by atoms with E-state index in [1.807, 2.05) is 6.92 Å². The molecule has 0 bridgehead atoms. The molecular weight excluding hydrogens is 400 g/mol. The zero-order valence-electron chi connectivity index (χ0n) is 8.84. The normalized spacial score (nSPS) is 10.4. The lowest BCUT2D eigenvalue weighted by Gasteiger charge is -2.10. The monoisotopic (exact) mass is 407 g/mol. The van der Waals surface area contributed by atoms with Gasteiger partial charge in [0.05, 0.1) is 8.04 Å². The number of rotatable bonds is 2. The van der Waals surface area contributed by atoms with Crippen molar-refractivity contribution in [3.8, 4) is 0 Å². The Labute approximate surface area is 120 Å². The Morgan fingerprint density at radius 3 is 2.88 bits per heavy atom. The number of benzene rings is 1. The summed E-state index contributed by atoms with van der Waals surface area (Å²) in [7, 11) is 0. The Balaban J connectivity index is 2.37. The lowest BCUT2D eigenvalue weighted by atomic mass is 10.2. The summed E-state index contributed by atoms with van der Waals surface area (Å²) in [4.78, 5) is 8.04. The number of nitrogens with one attached hydrogen (secondary N) is 1. The third-order valence-electron chi connectivity index (χ3n) is 2.19. The van der Waals surface area contributed by atoms with Gasteiger partial charge in [0.25, 0.3) is 0 Å². The van der Waals surface area contributed by atoms with Crippen molar-refractivity contribution in [1.29, 1.82) is 0 Å². The zero-order chi connectivity index (χ0) is 12.4. The molecule has 1 aromatic carbocycles. The lowest BCUT2D eigenvalue weighted by Crippen LogP contribution is -1.99. The maximum atomic E-state index is 13.3. The van der Waals surface area contributed by atoms with Gasteiger partial charge in [-0.25, -0.2) is 14.4 Å². The van der Waals surface area contributed by atoms with Gasteiger partial charge in [0, 0.05) is 11.9 Å². The van der Waals surface area contributed by atoms with Crippen molar-refractivity contribution in [2.24, 2.45) is 0 Å². The maximum Gasteiger partial charge on any atom is 0.147 e. The first kappa shape index (κ1) is 12.7. The molecule has 0 atom stereocenters. The zero-order valence-corrected chi connectivity index (χ0v) is 12.6. The highest BCUT2D eigenvalue weighted by molar-refractivity contribution is 14.1. The maximum absolute atomic E-state index is 13.3. The molecule has 0 aliphatic carbocycles. The molecule has 0 aliphatic rings. The largest absolute Gasteiger partial charge is 0.339 e. The molecule has 0 unspecified atom stereocenters. The molecule has 1 N–H and O–H groups in total. The molecule has 2 rings (SSSR count). The molecule has 0 aliphatic heterocycles. The fourth-order valence-electron chi connectivity index (χ4n) is 1.31. The van der Waals surface area contributed by atoms with Gasteiger partial charge >= 0.3 is 0 Å². The summed E-state index contributed by atoms with van der Waals surface area (Å²) in [5.74, 6) is 0.438. The first-order chi connectivity index (χ1) is 8.08. The van der Waals surface area contributed by atoms with E-state index in [2.05, 4.69) is 53.8 Å². The molecule has 2 aromatic rings. The second kappa shape index (κ2) is 5.26. The second-order valence-electron chi connectivity index (χ2n) is 3.43. The van der Waals surface area contributed by atoms with E-state index in [1.54, 1.807) is 12.3 Å². The minimum Gasteiger partial charge on any atom is -0.339 e. The smallest absolute Gasteiger partial charge is 0.147 e. The van der Waals surface area contributed by atoms with Crippen molar-refractivity contribution < 1.29 is 4.39 Å².